The Balaban J connectivity index is 1.74. The lowest BCUT2D eigenvalue weighted by Gasteiger charge is -2.21. The second-order valence-electron chi connectivity index (χ2n) is 5.68. The van der Waals surface area contributed by atoms with Crippen LogP contribution in [0.1, 0.15) is 39.9 Å². The van der Waals surface area contributed by atoms with Crippen molar-refractivity contribution in [1.82, 2.24) is 10.3 Å². The third-order valence-corrected chi connectivity index (χ3v) is 5.41. The average Bonchev–Trinajstić information content (AvgIpc) is 2.89. The molecule has 2 heterocycles. The number of nitrogens with zero attached hydrogens (tertiary/aromatic N) is 2. The SMILES string of the molecule is Cc1nc(Cc2ccc([N+](=O)[O-])cc2)sc1C1CCNCC1. The molecule has 1 N–H and O–H groups in total. The molecule has 5 nitrogen and oxygen atoms in total. The van der Waals surface area contributed by atoms with Gasteiger partial charge in [0.15, 0.2) is 0 Å². The summed E-state index contributed by atoms with van der Waals surface area (Å²) >= 11 is 1.80. The van der Waals surface area contributed by atoms with Crippen LogP contribution in [0.15, 0.2) is 24.3 Å². The molecular weight excluding hydrogens is 298 g/mol. The van der Waals surface area contributed by atoms with Crippen LogP contribution in [0.4, 0.5) is 5.69 Å². The molecule has 116 valence electrons. The predicted octanol–water partition coefficient (Wildman–Crippen LogP) is 3.42. The van der Waals surface area contributed by atoms with E-state index in [1.165, 1.54) is 17.7 Å². The summed E-state index contributed by atoms with van der Waals surface area (Å²) < 4.78 is 0. The molecule has 1 saturated heterocycles. The van der Waals surface area contributed by atoms with E-state index >= 15 is 0 Å². The van der Waals surface area contributed by atoms with Gasteiger partial charge in [-0.05, 0) is 44.3 Å². The largest absolute Gasteiger partial charge is 0.317 e. The first-order chi connectivity index (χ1) is 10.6. The van der Waals surface area contributed by atoms with Gasteiger partial charge in [-0.15, -0.1) is 11.3 Å². The Bertz CT molecular complexity index is 661. The maximum atomic E-state index is 10.7. The van der Waals surface area contributed by atoms with Gasteiger partial charge in [0.1, 0.15) is 0 Å². The number of hydrogen-bond acceptors (Lipinski definition) is 5. The zero-order valence-corrected chi connectivity index (χ0v) is 13.4. The highest BCUT2D eigenvalue weighted by atomic mass is 32.1. The molecule has 0 bridgehead atoms. The lowest BCUT2D eigenvalue weighted by molar-refractivity contribution is -0.384. The first kappa shape index (κ1) is 15.1. The van der Waals surface area contributed by atoms with Gasteiger partial charge in [0, 0.05) is 23.4 Å². The molecule has 2 aromatic rings. The highest BCUT2D eigenvalue weighted by Gasteiger charge is 2.20. The second kappa shape index (κ2) is 6.54. The van der Waals surface area contributed by atoms with Gasteiger partial charge in [-0.1, -0.05) is 12.1 Å². The first-order valence-electron chi connectivity index (χ1n) is 7.53. The van der Waals surface area contributed by atoms with Crippen LogP contribution in [0.5, 0.6) is 0 Å². The number of non-ortho nitro benzene ring substituents is 1. The number of nitrogens with one attached hydrogen (secondary N) is 1. The monoisotopic (exact) mass is 317 g/mol. The molecule has 22 heavy (non-hydrogen) atoms. The van der Waals surface area contributed by atoms with Gasteiger partial charge in [0.25, 0.3) is 5.69 Å². The number of rotatable bonds is 4. The van der Waals surface area contributed by atoms with E-state index in [9.17, 15) is 10.1 Å². The summed E-state index contributed by atoms with van der Waals surface area (Å²) in [5, 5.41) is 15.2. The molecule has 0 radical (unpaired) electrons. The Morgan fingerprint density at radius 1 is 1.32 bits per heavy atom. The lowest BCUT2D eigenvalue weighted by Crippen LogP contribution is -2.26. The molecule has 6 heteroatoms. The summed E-state index contributed by atoms with van der Waals surface area (Å²) in [4.78, 5) is 16.4. The fourth-order valence-corrected chi connectivity index (χ4v) is 4.19. The summed E-state index contributed by atoms with van der Waals surface area (Å²) in [6.07, 6.45) is 3.11. The smallest absolute Gasteiger partial charge is 0.269 e. The highest BCUT2D eigenvalue weighted by Crippen LogP contribution is 2.33. The quantitative estimate of drug-likeness (QED) is 0.693. The Morgan fingerprint density at radius 3 is 2.64 bits per heavy atom. The molecule has 1 aliphatic rings. The topological polar surface area (TPSA) is 68.1 Å². The van der Waals surface area contributed by atoms with Crippen molar-refractivity contribution < 1.29 is 4.92 Å². The number of nitro groups is 1. The van der Waals surface area contributed by atoms with E-state index < -0.39 is 0 Å². The number of piperidine rings is 1. The molecule has 1 aliphatic heterocycles. The van der Waals surface area contributed by atoms with Crippen LogP contribution in [0, 0.1) is 17.0 Å². The molecule has 0 saturated carbocycles. The summed E-state index contributed by atoms with van der Waals surface area (Å²) in [7, 11) is 0. The minimum absolute atomic E-state index is 0.134. The van der Waals surface area contributed by atoms with Crippen molar-refractivity contribution in [1.29, 1.82) is 0 Å². The fourth-order valence-electron chi connectivity index (χ4n) is 2.91. The van der Waals surface area contributed by atoms with Crippen molar-refractivity contribution in [3.05, 3.63) is 55.5 Å². The maximum Gasteiger partial charge on any atom is 0.269 e. The van der Waals surface area contributed by atoms with Crippen LogP contribution < -0.4 is 5.32 Å². The molecule has 0 atom stereocenters. The van der Waals surface area contributed by atoms with Crippen molar-refractivity contribution in [2.45, 2.75) is 32.1 Å². The minimum Gasteiger partial charge on any atom is -0.317 e. The van der Waals surface area contributed by atoms with Crippen LogP contribution in [0.2, 0.25) is 0 Å². The standard InChI is InChI=1S/C16H19N3O2S/c1-11-16(13-6-8-17-9-7-13)22-15(18-11)10-12-2-4-14(5-3-12)19(20)21/h2-5,13,17H,6-10H2,1H3. The van der Waals surface area contributed by atoms with E-state index in [2.05, 4.69) is 12.2 Å². The molecule has 0 aliphatic carbocycles. The van der Waals surface area contributed by atoms with Crippen LogP contribution in [0.25, 0.3) is 0 Å². The van der Waals surface area contributed by atoms with Crippen molar-refractivity contribution in [3.63, 3.8) is 0 Å². The van der Waals surface area contributed by atoms with E-state index in [0.717, 1.165) is 35.8 Å². The Kier molecular flexibility index (Phi) is 4.49. The number of aromatic nitrogens is 1. The van der Waals surface area contributed by atoms with E-state index in [0.29, 0.717) is 5.92 Å². The van der Waals surface area contributed by atoms with Crippen molar-refractivity contribution in [3.8, 4) is 0 Å². The van der Waals surface area contributed by atoms with E-state index in [1.54, 1.807) is 23.5 Å². The Morgan fingerprint density at radius 2 is 2.00 bits per heavy atom. The van der Waals surface area contributed by atoms with E-state index in [4.69, 9.17) is 4.98 Å². The van der Waals surface area contributed by atoms with Crippen LogP contribution in [-0.4, -0.2) is 23.0 Å². The molecule has 1 fully saturated rings. The molecular formula is C16H19N3O2S. The zero-order valence-electron chi connectivity index (χ0n) is 12.5. The third kappa shape index (κ3) is 3.34. The van der Waals surface area contributed by atoms with E-state index in [1.807, 2.05) is 12.1 Å². The van der Waals surface area contributed by atoms with Crippen LogP contribution in [-0.2, 0) is 6.42 Å². The number of thiazole rings is 1. The van der Waals surface area contributed by atoms with Crippen molar-refractivity contribution in [2.24, 2.45) is 0 Å². The second-order valence-corrected chi connectivity index (χ2v) is 6.80. The van der Waals surface area contributed by atoms with Gasteiger partial charge in [0.05, 0.1) is 15.6 Å². The molecule has 1 aromatic heterocycles. The third-order valence-electron chi connectivity index (χ3n) is 4.09. The van der Waals surface area contributed by atoms with Gasteiger partial charge in [-0.2, -0.15) is 0 Å². The fraction of sp³-hybridized carbons (Fsp3) is 0.438. The lowest BCUT2D eigenvalue weighted by atomic mass is 9.96. The first-order valence-corrected chi connectivity index (χ1v) is 8.35. The normalized spacial score (nSPS) is 15.9. The number of hydrogen-bond donors (Lipinski definition) is 1. The highest BCUT2D eigenvalue weighted by molar-refractivity contribution is 7.11. The summed E-state index contributed by atoms with van der Waals surface area (Å²) in [6, 6.07) is 6.76. The van der Waals surface area contributed by atoms with Gasteiger partial charge in [-0.3, -0.25) is 10.1 Å². The maximum absolute atomic E-state index is 10.7. The summed E-state index contributed by atoms with van der Waals surface area (Å²) in [5.41, 5.74) is 2.35. The number of aryl methyl sites for hydroxylation is 1. The predicted molar refractivity (Wildman–Crippen MR) is 87.6 cm³/mol. The minimum atomic E-state index is -0.369. The summed E-state index contributed by atoms with van der Waals surface area (Å²) in [5.74, 6) is 0.629. The van der Waals surface area contributed by atoms with Crippen molar-refractivity contribution in [2.75, 3.05) is 13.1 Å². The zero-order chi connectivity index (χ0) is 15.5. The Labute approximate surface area is 133 Å². The van der Waals surface area contributed by atoms with Gasteiger partial charge >= 0.3 is 0 Å². The van der Waals surface area contributed by atoms with Gasteiger partial charge < -0.3 is 5.32 Å². The molecule has 0 amide bonds. The summed E-state index contributed by atoms with van der Waals surface area (Å²) in [6.45, 7) is 4.26. The van der Waals surface area contributed by atoms with Gasteiger partial charge in [-0.25, -0.2) is 4.98 Å². The Hall–Kier alpha value is -1.79. The molecule has 0 spiro atoms. The molecule has 0 unspecified atom stereocenters. The van der Waals surface area contributed by atoms with Crippen LogP contribution >= 0.6 is 11.3 Å². The average molecular weight is 317 g/mol. The molecule has 3 rings (SSSR count). The van der Waals surface area contributed by atoms with E-state index in [-0.39, 0.29) is 10.6 Å². The number of benzene rings is 1. The molecule has 1 aromatic carbocycles. The van der Waals surface area contributed by atoms with Crippen molar-refractivity contribution >= 4 is 17.0 Å². The van der Waals surface area contributed by atoms with Gasteiger partial charge in [0.2, 0.25) is 0 Å². The number of nitro benzene ring substituents is 1. The van der Waals surface area contributed by atoms with Crippen LogP contribution in [0.3, 0.4) is 0 Å².